The number of aromatic nitrogens is 1. The van der Waals surface area contributed by atoms with Gasteiger partial charge >= 0.3 is 0 Å². The minimum Gasteiger partial charge on any atom is -0.457 e. The van der Waals surface area contributed by atoms with Gasteiger partial charge in [0, 0.05) is 35.7 Å². The molecular formula is C26H22N4O5S. The number of nitrogens with zero attached hydrogens (tertiary/aromatic N) is 3. The quantitative estimate of drug-likeness (QED) is 0.259. The molecule has 5 rings (SSSR count). The third kappa shape index (κ3) is 5.35. The topological polar surface area (TPSA) is 107 Å². The zero-order valence-corrected chi connectivity index (χ0v) is 19.9. The second kappa shape index (κ2) is 10.5. The smallest absolute Gasteiger partial charge is 0.293 e. The molecule has 0 spiro atoms. The van der Waals surface area contributed by atoms with E-state index in [-0.39, 0.29) is 11.3 Å². The maximum atomic E-state index is 12.8. The summed E-state index contributed by atoms with van der Waals surface area (Å²) < 4.78 is 11.1. The van der Waals surface area contributed by atoms with Crippen molar-refractivity contribution in [3.05, 3.63) is 93.9 Å². The third-order valence-corrected chi connectivity index (χ3v) is 6.40. The predicted octanol–water partition coefficient (Wildman–Crippen LogP) is 5.60. The average Bonchev–Trinajstić information content (AvgIpc) is 3.38. The number of ether oxygens (including phenoxy) is 2. The molecule has 0 saturated carbocycles. The van der Waals surface area contributed by atoms with Crippen molar-refractivity contribution in [2.24, 2.45) is 0 Å². The first-order valence-corrected chi connectivity index (χ1v) is 12.2. The van der Waals surface area contributed by atoms with Crippen LogP contribution >= 0.6 is 11.3 Å². The fraction of sp³-hybridized carbons (Fsp3) is 0.154. The SMILES string of the molecule is O=C(Nc1nc(-c2ccc(Oc3ccccc3)cc2)cs1)c1ccc(N2CCOCC2)c([N+](=O)[O-])c1. The molecule has 1 saturated heterocycles. The summed E-state index contributed by atoms with van der Waals surface area (Å²) in [5, 5.41) is 16.7. The second-order valence-corrected chi connectivity index (χ2v) is 8.85. The number of nitro groups is 1. The van der Waals surface area contributed by atoms with Gasteiger partial charge in [-0.05, 0) is 48.5 Å². The van der Waals surface area contributed by atoms with Gasteiger partial charge in [0.2, 0.25) is 0 Å². The van der Waals surface area contributed by atoms with Gasteiger partial charge in [0.05, 0.1) is 23.8 Å². The number of nitrogens with one attached hydrogen (secondary N) is 1. The minimum atomic E-state index is -0.464. The average molecular weight is 503 g/mol. The first kappa shape index (κ1) is 23.5. The Morgan fingerprint density at radius 2 is 1.75 bits per heavy atom. The van der Waals surface area contributed by atoms with Crippen molar-refractivity contribution in [3.63, 3.8) is 0 Å². The van der Waals surface area contributed by atoms with Crippen molar-refractivity contribution < 1.29 is 19.2 Å². The molecule has 0 atom stereocenters. The number of hydrogen-bond donors (Lipinski definition) is 1. The van der Waals surface area contributed by atoms with Crippen LogP contribution in [0, 0.1) is 10.1 Å². The highest BCUT2D eigenvalue weighted by atomic mass is 32.1. The predicted molar refractivity (Wildman–Crippen MR) is 138 cm³/mol. The van der Waals surface area contributed by atoms with E-state index in [1.54, 1.807) is 12.1 Å². The molecule has 0 radical (unpaired) electrons. The minimum absolute atomic E-state index is 0.109. The summed E-state index contributed by atoms with van der Waals surface area (Å²) in [7, 11) is 0. The van der Waals surface area contributed by atoms with Gasteiger partial charge in [-0.2, -0.15) is 0 Å². The van der Waals surface area contributed by atoms with E-state index in [1.165, 1.54) is 17.4 Å². The van der Waals surface area contributed by atoms with Gasteiger partial charge in [-0.3, -0.25) is 20.2 Å². The van der Waals surface area contributed by atoms with Crippen LogP contribution in [0.25, 0.3) is 11.3 Å². The molecule has 1 amide bonds. The van der Waals surface area contributed by atoms with E-state index >= 15 is 0 Å². The Bertz CT molecular complexity index is 1370. The van der Waals surface area contributed by atoms with Gasteiger partial charge in [-0.15, -0.1) is 11.3 Å². The maximum absolute atomic E-state index is 12.8. The van der Waals surface area contributed by atoms with Crippen LogP contribution < -0.4 is 15.0 Å². The Morgan fingerprint density at radius 3 is 2.47 bits per heavy atom. The molecule has 10 heteroatoms. The van der Waals surface area contributed by atoms with Crippen LogP contribution in [-0.4, -0.2) is 42.1 Å². The van der Waals surface area contributed by atoms with E-state index in [9.17, 15) is 14.9 Å². The number of nitro benzene ring substituents is 1. The van der Waals surface area contributed by atoms with E-state index in [0.717, 1.165) is 11.3 Å². The lowest BCUT2D eigenvalue weighted by molar-refractivity contribution is -0.384. The lowest BCUT2D eigenvalue weighted by Crippen LogP contribution is -2.36. The fourth-order valence-corrected chi connectivity index (χ4v) is 4.55. The molecule has 3 aromatic carbocycles. The highest BCUT2D eigenvalue weighted by Crippen LogP contribution is 2.31. The number of carbonyl (C=O) groups excluding carboxylic acids is 1. The standard InChI is InChI=1S/C26H22N4O5S/c31-25(19-8-11-23(24(16-19)30(32)33)29-12-14-34-15-13-29)28-26-27-22(17-36-26)18-6-9-21(10-7-18)35-20-4-2-1-3-5-20/h1-11,16-17H,12-15H2,(H,27,28,31). The Labute approximate surface area is 211 Å². The van der Waals surface area contributed by atoms with E-state index < -0.39 is 10.8 Å². The summed E-state index contributed by atoms with van der Waals surface area (Å²) >= 11 is 1.28. The zero-order valence-electron chi connectivity index (χ0n) is 19.1. The van der Waals surface area contributed by atoms with Crippen LogP contribution in [0.2, 0.25) is 0 Å². The van der Waals surface area contributed by atoms with Gasteiger partial charge in [0.1, 0.15) is 17.2 Å². The van der Waals surface area contributed by atoms with Crippen LogP contribution in [-0.2, 0) is 4.74 Å². The molecule has 1 aliphatic heterocycles. The second-order valence-electron chi connectivity index (χ2n) is 7.99. The molecule has 0 unspecified atom stereocenters. The van der Waals surface area contributed by atoms with E-state index in [0.29, 0.717) is 48.6 Å². The Kier molecular flexibility index (Phi) is 6.87. The molecule has 0 bridgehead atoms. The summed E-state index contributed by atoms with van der Waals surface area (Å²) in [4.78, 5) is 30.4. The summed E-state index contributed by atoms with van der Waals surface area (Å²) in [6, 6.07) is 21.5. The first-order chi connectivity index (χ1) is 17.6. The summed E-state index contributed by atoms with van der Waals surface area (Å²) in [5.41, 5.74) is 2.14. The van der Waals surface area contributed by atoms with Gasteiger partial charge < -0.3 is 14.4 Å². The van der Waals surface area contributed by atoms with Crippen molar-refractivity contribution >= 4 is 33.8 Å². The van der Waals surface area contributed by atoms with E-state index in [2.05, 4.69) is 10.3 Å². The van der Waals surface area contributed by atoms with Crippen LogP contribution in [0.3, 0.4) is 0 Å². The number of morpholine rings is 1. The summed E-state index contributed by atoms with van der Waals surface area (Å²) in [6.07, 6.45) is 0. The monoisotopic (exact) mass is 502 g/mol. The largest absolute Gasteiger partial charge is 0.457 e. The van der Waals surface area contributed by atoms with Crippen LogP contribution in [0.1, 0.15) is 10.4 Å². The Hall–Kier alpha value is -4.28. The number of benzene rings is 3. The van der Waals surface area contributed by atoms with Crippen molar-refractivity contribution in [2.45, 2.75) is 0 Å². The Morgan fingerprint density at radius 1 is 1.03 bits per heavy atom. The van der Waals surface area contributed by atoms with Crippen molar-refractivity contribution in [3.8, 4) is 22.8 Å². The van der Waals surface area contributed by atoms with E-state index in [1.807, 2.05) is 64.9 Å². The Balaban J connectivity index is 1.27. The molecular weight excluding hydrogens is 480 g/mol. The summed E-state index contributed by atoms with van der Waals surface area (Å²) in [5.74, 6) is 0.997. The molecule has 1 aliphatic rings. The molecule has 9 nitrogen and oxygen atoms in total. The third-order valence-electron chi connectivity index (χ3n) is 5.64. The molecule has 0 aliphatic carbocycles. The lowest BCUT2D eigenvalue weighted by Gasteiger charge is -2.28. The van der Waals surface area contributed by atoms with E-state index in [4.69, 9.17) is 9.47 Å². The van der Waals surface area contributed by atoms with Gasteiger partial charge in [0.25, 0.3) is 11.6 Å². The fourth-order valence-electron chi connectivity index (χ4n) is 3.83. The number of para-hydroxylation sites is 1. The van der Waals surface area contributed by atoms with Gasteiger partial charge in [-0.25, -0.2) is 4.98 Å². The normalized spacial score (nSPS) is 13.3. The van der Waals surface area contributed by atoms with Gasteiger partial charge in [-0.1, -0.05) is 18.2 Å². The van der Waals surface area contributed by atoms with Gasteiger partial charge in [0.15, 0.2) is 5.13 Å². The zero-order chi connectivity index (χ0) is 24.9. The maximum Gasteiger partial charge on any atom is 0.293 e. The molecule has 36 heavy (non-hydrogen) atoms. The molecule has 1 fully saturated rings. The first-order valence-electron chi connectivity index (χ1n) is 11.3. The lowest BCUT2D eigenvalue weighted by atomic mass is 10.1. The number of carbonyl (C=O) groups is 1. The van der Waals surface area contributed by atoms with Crippen LogP contribution in [0.4, 0.5) is 16.5 Å². The highest BCUT2D eigenvalue weighted by molar-refractivity contribution is 7.14. The summed E-state index contributed by atoms with van der Waals surface area (Å²) in [6.45, 7) is 2.14. The number of rotatable bonds is 7. The number of hydrogen-bond acceptors (Lipinski definition) is 8. The van der Waals surface area contributed by atoms with Crippen LogP contribution in [0.5, 0.6) is 11.5 Å². The number of thiazole rings is 1. The highest BCUT2D eigenvalue weighted by Gasteiger charge is 2.23. The number of amides is 1. The van der Waals surface area contributed by atoms with Crippen LogP contribution in [0.15, 0.2) is 78.2 Å². The van der Waals surface area contributed by atoms with Crippen molar-refractivity contribution in [1.82, 2.24) is 4.98 Å². The van der Waals surface area contributed by atoms with Crippen molar-refractivity contribution in [2.75, 3.05) is 36.5 Å². The molecule has 1 aromatic heterocycles. The number of anilines is 2. The molecule has 182 valence electrons. The molecule has 1 N–H and O–H groups in total. The van der Waals surface area contributed by atoms with Crippen molar-refractivity contribution in [1.29, 1.82) is 0 Å². The molecule has 2 heterocycles. The molecule has 4 aromatic rings.